The second-order valence-electron chi connectivity index (χ2n) is 4.82. The first-order valence-corrected chi connectivity index (χ1v) is 7.52. The lowest BCUT2D eigenvalue weighted by atomic mass is 10.1. The van der Waals surface area contributed by atoms with E-state index in [0.717, 1.165) is 15.6 Å². The number of hydrogen-bond donors (Lipinski definition) is 2. The Morgan fingerprint density at radius 2 is 2.05 bits per heavy atom. The minimum absolute atomic E-state index is 0.127. The predicted octanol–water partition coefficient (Wildman–Crippen LogP) is 2.35. The van der Waals surface area contributed by atoms with E-state index in [2.05, 4.69) is 36.3 Å². The van der Waals surface area contributed by atoms with Crippen LogP contribution in [0.25, 0.3) is 0 Å². The molecule has 3 aromatic rings. The summed E-state index contributed by atoms with van der Waals surface area (Å²) in [4.78, 5) is 18.7. The molecule has 1 aromatic carbocycles. The van der Waals surface area contributed by atoms with Crippen molar-refractivity contribution in [3.63, 3.8) is 0 Å². The molecule has 0 aliphatic carbocycles. The number of nitrogens with zero attached hydrogens (tertiary/aromatic N) is 3. The van der Waals surface area contributed by atoms with Gasteiger partial charge in [0.2, 0.25) is 0 Å². The number of aromatic nitrogens is 4. The Bertz CT molecular complexity index is 749. The van der Waals surface area contributed by atoms with Gasteiger partial charge in [0.25, 0.3) is 5.91 Å². The number of nitrogens with one attached hydrogen (secondary N) is 2. The van der Waals surface area contributed by atoms with Crippen molar-refractivity contribution in [3.8, 4) is 0 Å². The van der Waals surface area contributed by atoms with Gasteiger partial charge in [-0.3, -0.25) is 4.79 Å². The zero-order valence-corrected chi connectivity index (χ0v) is 13.2. The Morgan fingerprint density at radius 3 is 2.68 bits per heavy atom. The molecule has 6 nitrogen and oxygen atoms in total. The van der Waals surface area contributed by atoms with E-state index < -0.39 is 0 Å². The van der Waals surface area contributed by atoms with E-state index in [9.17, 15) is 4.79 Å². The number of benzene rings is 1. The summed E-state index contributed by atoms with van der Waals surface area (Å²) < 4.78 is 2.62. The van der Waals surface area contributed by atoms with Crippen molar-refractivity contribution in [2.24, 2.45) is 0 Å². The molecule has 3 rings (SSSR count). The molecule has 0 aliphatic rings. The van der Waals surface area contributed by atoms with Crippen LogP contribution >= 0.6 is 15.9 Å². The molecule has 0 aliphatic heterocycles. The third-order valence-electron chi connectivity index (χ3n) is 3.18. The zero-order valence-electron chi connectivity index (χ0n) is 11.7. The second-order valence-corrected chi connectivity index (χ2v) is 5.74. The monoisotopic (exact) mass is 359 g/mol. The van der Waals surface area contributed by atoms with Crippen molar-refractivity contribution in [3.05, 3.63) is 70.5 Å². The molecular formula is C15H14BrN5O. The van der Waals surface area contributed by atoms with Crippen molar-refractivity contribution in [2.45, 2.75) is 13.1 Å². The lowest BCUT2D eigenvalue weighted by Gasteiger charge is -2.06. The fourth-order valence-corrected chi connectivity index (χ4v) is 2.38. The Hall–Kier alpha value is -2.41. The maximum atomic E-state index is 11.9. The molecule has 0 fully saturated rings. The number of H-pyrrole nitrogens is 1. The van der Waals surface area contributed by atoms with Crippen LogP contribution in [0.4, 0.5) is 0 Å². The van der Waals surface area contributed by atoms with E-state index in [1.807, 2.05) is 24.3 Å². The highest BCUT2D eigenvalue weighted by molar-refractivity contribution is 9.10. The van der Waals surface area contributed by atoms with Crippen molar-refractivity contribution in [1.29, 1.82) is 0 Å². The zero-order chi connectivity index (χ0) is 15.4. The minimum atomic E-state index is -0.127. The van der Waals surface area contributed by atoms with Gasteiger partial charge in [0, 0.05) is 17.2 Å². The Morgan fingerprint density at radius 1 is 1.27 bits per heavy atom. The quantitative estimate of drug-likeness (QED) is 0.734. The summed E-state index contributed by atoms with van der Waals surface area (Å²) in [7, 11) is 0. The molecule has 0 bridgehead atoms. The molecule has 2 aromatic heterocycles. The summed E-state index contributed by atoms with van der Waals surface area (Å²) in [5.74, 6) is -0.127. The summed E-state index contributed by atoms with van der Waals surface area (Å²) in [6.45, 7) is 1.17. The standard InChI is InChI=1S/C15H14BrN5O/c16-13-5-14(18-7-13)15(22)19-6-11-1-3-12(4-2-11)8-21-10-17-9-20-21/h1-5,7,9-10,18H,6,8H2,(H,19,22). The third-order valence-corrected chi connectivity index (χ3v) is 3.64. The van der Waals surface area contributed by atoms with E-state index in [0.29, 0.717) is 18.8 Å². The number of hydrogen-bond acceptors (Lipinski definition) is 3. The minimum Gasteiger partial charge on any atom is -0.356 e. The van der Waals surface area contributed by atoms with Crippen LogP contribution in [0.5, 0.6) is 0 Å². The number of aromatic amines is 1. The molecule has 0 atom stereocenters. The first-order chi connectivity index (χ1) is 10.7. The van der Waals surface area contributed by atoms with Crippen LogP contribution in [0.15, 0.2) is 53.7 Å². The second kappa shape index (κ2) is 6.57. The molecule has 0 saturated heterocycles. The normalized spacial score (nSPS) is 10.6. The number of halogens is 1. The van der Waals surface area contributed by atoms with Crippen LogP contribution in [-0.4, -0.2) is 25.7 Å². The van der Waals surface area contributed by atoms with E-state index in [-0.39, 0.29) is 5.91 Å². The predicted molar refractivity (Wildman–Crippen MR) is 85.2 cm³/mol. The molecule has 2 heterocycles. The van der Waals surface area contributed by atoms with Gasteiger partial charge >= 0.3 is 0 Å². The van der Waals surface area contributed by atoms with Crippen molar-refractivity contribution in [2.75, 3.05) is 0 Å². The average molecular weight is 360 g/mol. The van der Waals surface area contributed by atoms with Gasteiger partial charge in [-0.25, -0.2) is 9.67 Å². The molecule has 0 unspecified atom stereocenters. The largest absolute Gasteiger partial charge is 0.356 e. The maximum absolute atomic E-state index is 11.9. The smallest absolute Gasteiger partial charge is 0.267 e. The van der Waals surface area contributed by atoms with Crippen molar-refractivity contribution >= 4 is 21.8 Å². The molecule has 1 amide bonds. The lowest BCUT2D eigenvalue weighted by Crippen LogP contribution is -2.23. The van der Waals surface area contributed by atoms with Gasteiger partial charge in [0.15, 0.2) is 0 Å². The van der Waals surface area contributed by atoms with Gasteiger partial charge in [-0.1, -0.05) is 24.3 Å². The first kappa shape index (κ1) is 14.5. The maximum Gasteiger partial charge on any atom is 0.267 e. The van der Waals surface area contributed by atoms with Crippen LogP contribution < -0.4 is 5.32 Å². The van der Waals surface area contributed by atoms with Gasteiger partial charge < -0.3 is 10.3 Å². The van der Waals surface area contributed by atoms with Crippen LogP contribution in [0, 0.1) is 0 Å². The van der Waals surface area contributed by atoms with Gasteiger partial charge in [-0.15, -0.1) is 0 Å². The van der Waals surface area contributed by atoms with E-state index in [1.54, 1.807) is 23.3 Å². The first-order valence-electron chi connectivity index (χ1n) is 6.73. The molecule has 22 heavy (non-hydrogen) atoms. The molecule has 2 N–H and O–H groups in total. The Kier molecular flexibility index (Phi) is 4.34. The summed E-state index contributed by atoms with van der Waals surface area (Å²) >= 11 is 3.31. The van der Waals surface area contributed by atoms with E-state index >= 15 is 0 Å². The Labute approximate surface area is 135 Å². The summed E-state index contributed by atoms with van der Waals surface area (Å²) in [6.07, 6.45) is 4.93. The van der Waals surface area contributed by atoms with Crippen LogP contribution in [0.2, 0.25) is 0 Å². The SMILES string of the molecule is O=C(NCc1ccc(Cn2cncn2)cc1)c1cc(Br)c[nH]1. The topological polar surface area (TPSA) is 75.6 Å². The highest BCUT2D eigenvalue weighted by atomic mass is 79.9. The number of rotatable bonds is 5. The highest BCUT2D eigenvalue weighted by Crippen LogP contribution is 2.11. The van der Waals surface area contributed by atoms with Gasteiger partial charge in [0.05, 0.1) is 6.54 Å². The fourth-order valence-electron chi connectivity index (χ4n) is 2.04. The highest BCUT2D eigenvalue weighted by Gasteiger charge is 2.07. The molecular weight excluding hydrogens is 346 g/mol. The molecule has 112 valence electrons. The molecule has 0 saturated carbocycles. The van der Waals surface area contributed by atoms with Crippen LogP contribution in [0.1, 0.15) is 21.6 Å². The lowest BCUT2D eigenvalue weighted by molar-refractivity contribution is 0.0946. The fraction of sp³-hybridized carbons (Fsp3) is 0.133. The summed E-state index contributed by atoms with van der Waals surface area (Å²) in [6, 6.07) is 9.79. The van der Waals surface area contributed by atoms with Crippen molar-refractivity contribution < 1.29 is 4.79 Å². The van der Waals surface area contributed by atoms with E-state index in [1.165, 1.54) is 6.33 Å². The third kappa shape index (κ3) is 3.62. The Balaban J connectivity index is 1.56. The number of carbonyl (C=O) groups excluding carboxylic acids is 1. The van der Waals surface area contributed by atoms with Crippen molar-refractivity contribution in [1.82, 2.24) is 25.1 Å². The van der Waals surface area contributed by atoms with E-state index in [4.69, 9.17) is 0 Å². The van der Waals surface area contributed by atoms with Crippen LogP contribution in [-0.2, 0) is 13.1 Å². The van der Waals surface area contributed by atoms with Gasteiger partial charge in [-0.05, 0) is 33.1 Å². The average Bonchev–Trinajstić information content (AvgIpc) is 3.18. The number of amides is 1. The molecule has 0 spiro atoms. The van der Waals surface area contributed by atoms with Gasteiger partial charge in [0.1, 0.15) is 18.3 Å². The molecule has 7 heteroatoms. The molecule has 0 radical (unpaired) electrons. The van der Waals surface area contributed by atoms with Gasteiger partial charge in [-0.2, -0.15) is 5.10 Å². The number of carbonyl (C=O) groups is 1. The summed E-state index contributed by atoms with van der Waals surface area (Å²) in [5, 5.41) is 6.95. The van der Waals surface area contributed by atoms with Crippen LogP contribution in [0.3, 0.4) is 0 Å². The summed E-state index contributed by atoms with van der Waals surface area (Å²) in [5.41, 5.74) is 2.71.